The molecule has 2 aromatic carbocycles. The standard InChI is InChI=1S/C14H15N3O4S3/c1-10-5-4-6-11(9-10)23(18,19)17-24(20,21)13-8-3-2-7-12(13)16-14(15)22/h2-9,17H,1H3,(H3,15,16,22). The Hall–Kier alpha value is -2.01. The number of nitrogens with one attached hydrogen (secondary N) is 2. The number of para-hydroxylation sites is 1. The van der Waals surface area contributed by atoms with Crippen LogP contribution < -0.4 is 15.2 Å². The van der Waals surface area contributed by atoms with Gasteiger partial charge < -0.3 is 11.1 Å². The average molecular weight is 385 g/mol. The summed E-state index contributed by atoms with van der Waals surface area (Å²) in [4.78, 5) is -0.431. The fraction of sp³-hybridized carbons (Fsp3) is 0.0714. The second-order valence-corrected chi connectivity index (χ2v) is 8.92. The normalized spacial score (nSPS) is 11.9. The van der Waals surface area contributed by atoms with Gasteiger partial charge in [-0.05, 0) is 49.0 Å². The molecule has 7 nitrogen and oxygen atoms in total. The third-order valence-electron chi connectivity index (χ3n) is 2.95. The molecule has 0 saturated carbocycles. The van der Waals surface area contributed by atoms with E-state index >= 15 is 0 Å². The molecule has 0 bridgehead atoms. The van der Waals surface area contributed by atoms with E-state index in [-0.39, 0.29) is 20.6 Å². The minimum atomic E-state index is -4.37. The van der Waals surface area contributed by atoms with E-state index in [9.17, 15) is 16.8 Å². The molecule has 4 N–H and O–H groups in total. The molecule has 0 fully saturated rings. The molecule has 0 aliphatic rings. The highest BCUT2D eigenvalue weighted by Crippen LogP contribution is 2.22. The van der Waals surface area contributed by atoms with Gasteiger partial charge in [0.2, 0.25) is 0 Å². The van der Waals surface area contributed by atoms with Crippen molar-refractivity contribution in [3.63, 3.8) is 0 Å². The van der Waals surface area contributed by atoms with Crippen LogP contribution in [0.3, 0.4) is 0 Å². The van der Waals surface area contributed by atoms with Crippen LogP contribution in [0.5, 0.6) is 0 Å². The fourth-order valence-electron chi connectivity index (χ4n) is 1.96. The van der Waals surface area contributed by atoms with E-state index in [2.05, 4.69) is 5.32 Å². The minimum Gasteiger partial charge on any atom is -0.376 e. The fourth-order valence-corrected chi connectivity index (χ4v) is 5.23. The Morgan fingerprint density at radius 1 is 1.00 bits per heavy atom. The number of thiocarbonyl (C=S) groups is 1. The number of aryl methyl sites for hydroxylation is 1. The first-order valence-electron chi connectivity index (χ1n) is 6.62. The first-order chi connectivity index (χ1) is 11.1. The van der Waals surface area contributed by atoms with Crippen molar-refractivity contribution in [1.82, 2.24) is 4.13 Å². The van der Waals surface area contributed by atoms with Crippen molar-refractivity contribution in [2.75, 3.05) is 5.32 Å². The molecule has 128 valence electrons. The van der Waals surface area contributed by atoms with Crippen molar-refractivity contribution in [2.45, 2.75) is 16.7 Å². The van der Waals surface area contributed by atoms with Gasteiger partial charge in [0.15, 0.2) is 5.11 Å². The number of benzene rings is 2. The molecule has 0 amide bonds. The Morgan fingerprint density at radius 3 is 2.29 bits per heavy atom. The third kappa shape index (κ3) is 4.29. The zero-order chi connectivity index (χ0) is 18.0. The van der Waals surface area contributed by atoms with Crippen LogP contribution in [0.25, 0.3) is 0 Å². The van der Waals surface area contributed by atoms with Gasteiger partial charge in [0.25, 0.3) is 20.0 Å². The van der Waals surface area contributed by atoms with Gasteiger partial charge in [0.05, 0.1) is 10.6 Å². The third-order valence-corrected chi connectivity index (χ3v) is 6.62. The summed E-state index contributed by atoms with van der Waals surface area (Å²) in [7, 11) is -8.63. The van der Waals surface area contributed by atoms with Crippen LogP contribution in [0.1, 0.15) is 5.56 Å². The molecule has 0 heterocycles. The van der Waals surface area contributed by atoms with Crippen LogP contribution in [0, 0.1) is 6.92 Å². The summed E-state index contributed by atoms with van der Waals surface area (Å²) < 4.78 is 51.4. The van der Waals surface area contributed by atoms with Crippen LogP contribution >= 0.6 is 12.2 Å². The Balaban J connectivity index is 2.44. The average Bonchev–Trinajstić information content (AvgIpc) is 2.46. The highest BCUT2D eigenvalue weighted by molar-refractivity contribution is 8.04. The van der Waals surface area contributed by atoms with Crippen LogP contribution in [-0.4, -0.2) is 21.9 Å². The summed E-state index contributed by atoms with van der Waals surface area (Å²) in [5.41, 5.74) is 6.12. The van der Waals surface area contributed by atoms with Crippen LogP contribution in [0.2, 0.25) is 0 Å². The number of hydrogen-bond donors (Lipinski definition) is 3. The van der Waals surface area contributed by atoms with Crippen molar-refractivity contribution < 1.29 is 16.8 Å². The summed E-state index contributed by atoms with van der Waals surface area (Å²) in [5, 5.41) is 2.37. The number of rotatable bonds is 5. The molecule has 0 aliphatic carbocycles. The van der Waals surface area contributed by atoms with Gasteiger partial charge in [-0.25, -0.2) is 16.8 Å². The molecular weight excluding hydrogens is 370 g/mol. The van der Waals surface area contributed by atoms with Crippen LogP contribution in [0.15, 0.2) is 58.3 Å². The zero-order valence-electron chi connectivity index (χ0n) is 12.6. The van der Waals surface area contributed by atoms with Crippen molar-refractivity contribution in [3.8, 4) is 0 Å². The molecule has 24 heavy (non-hydrogen) atoms. The van der Waals surface area contributed by atoms with Crippen molar-refractivity contribution in [3.05, 3.63) is 54.1 Å². The monoisotopic (exact) mass is 385 g/mol. The van der Waals surface area contributed by atoms with Gasteiger partial charge in [0.1, 0.15) is 4.90 Å². The Bertz CT molecular complexity index is 986. The lowest BCUT2D eigenvalue weighted by molar-refractivity contribution is 0.577. The summed E-state index contributed by atoms with van der Waals surface area (Å²) >= 11 is 4.69. The molecule has 0 atom stereocenters. The number of sulfonamides is 2. The number of anilines is 1. The Morgan fingerprint density at radius 2 is 1.67 bits per heavy atom. The number of hydrogen-bond acceptors (Lipinski definition) is 5. The van der Waals surface area contributed by atoms with E-state index in [0.717, 1.165) is 0 Å². The maximum atomic E-state index is 12.5. The molecule has 0 aliphatic heterocycles. The molecule has 0 saturated heterocycles. The second-order valence-electron chi connectivity index (χ2n) is 4.89. The summed E-state index contributed by atoms with van der Waals surface area (Å²) in [5.74, 6) is 0. The van der Waals surface area contributed by atoms with Crippen molar-refractivity contribution in [1.29, 1.82) is 0 Å². The van der Waals surface area contributed by atoms with E-state index in [1.165, 1.54) is 36.4 Å². The highest BCUT2D eigenvalue weighted by Gasteiger charge is 2.26. The van der Waals surface area contributed by atoms with Gasteiger partial charge in [-0.1, -0.05) is 24.3 Å². The Kier molecular flexibility index (Phi) is 5.23. The Labute approximate surface area is 146 Å². The second kappa shape index (κ2) is 6.85. The molecule has 0 spiro atoms. The lowest BCUT2D eigenvalue weighted by Crippen LogP contribution is -2.31. The van der Waals surface area contributed by atoms with Gasteiger partial charge in [-0.3, -0.25) is 0 Å². The predicted octanol–water partition coefficient (Wildman–Crippen LogP) is 1.32. The van der Waals surface area contributed by atoms with E-state index in [0.29, 0.717) is 5.56 Å². The largest absolute Gasteiger partial charge is 0.376 e. The summed E-state index contributed by atoms with van der Waals surface area (Å²) in [6.07, 6.45) is 0. The quantitative estimate of drug-likeness (QED) is 0.664. The van der Waals surface area contributed by atoms with Crippen molar-refractivity contribution in [2.24, 2.45) is 5.73 Å². The predicted molar refractivity (Wildman–Crippen MR) is 95.5 cm³/mol. The first kappa shape index (κ1) is 18.3. The first-order valence-corrected chi connectivity index (χ1v) is 10.00. The maximum Gasteiger partial charge on any atom is 0.255 e. The lowest BCUT2D eigenvalue weighted by atomic mass is 10.2. The van der Waals surface area contributed by atoms with E-state index in [1.54, 1.807) is 23.2 Å². The van der Waals surface area contributed by atoms with Crippen LogP contribution in [-0.2, 0) is 20.0 Å². The van der Waals surface area contributed by atoms with E-state index in [1.807, 2.05) is 0 Å². The minimum absolute atomic E-state index is 0.0805. The summed E-state index contributed by atoms with van der Waals surface area (Å²) in [6, 6.07) is 11.6. The SMILES string of the molecule is Cc1cccc(S(=O)(=O)NS(=O)(=O)c2ccccc2NC(N)=S)c1. The molecule has 0 unspecified atom stereocenters. The van der Waals surface area contributed by atoms with Crippen LogP contribution in [0.4, 0.5) is 5.69 Å². The molecular formula is C14H15N3O4S3. The molecule has 0 aromatic heterocycles. The topological polar surface area (TPSA) is 118 Å². The molecule has 2 aromatic rings. The van der Waals surface area contributed by atoms with Gasteiger partial charge in [0, 0.05) is 0 Å². The zero-order valence-corrected chi connectivity index (χ0v) is 15.0. The molecule has 2 rings (SSSR count). The van der Waals surface area contributed by atoms with E-state index in [4.69, 9.17) is 18.0 Å². The lowest BCUT2D eigenvalue weighted by Gasteiger charge is -2.12. The molecule has 10 heteroatoms. The number of nitrogens with two attached hydrogens (primary N) is 1. The van der Waals surface area contributed by atoms with Crippen molar-refractivity contribution >= 4 is 43.1 Å². The van der Waals surface area contributed by atoms with Gasteiger partial charge in [-0.15, -0.1) is 4.13 Å². The van der Waals surface area contributed by atoms with Gasteiger partial charge in [-0.2, -0.15) is 0 Å². The maximum absolute atomic E-state index is 12.5. The highest BCUT2D eigenvalue weighted by atomic mass is 32.3. The van der Waals surface area contributed by atoms with E-state index < -0.39 is 20.0 Å². The van der Waals surface area contributed by atoms with Gasteiger partial charge >= 0.3 is 0 Å². The smallest absolute Gasteiger partial charge is 0.255 e. The molecule has 0 radical (unpaired) electrons. The summed E-state index contributed by atoms with van der Waals surface area (Å²) in [6.45, 7) is 1.70.